The summed E-state index contributed by atoms with van der Waals surface area (Å²) >= 11 is 3.34. The van der Waals surface area contributed by atoms with Gasteiger partial charge in [0.25, 0.3) is 0 Å². The number of nitrogens with one attached hydrogen (secondary N) is 1. The lowest BCUT2D eigenvalue weighted by Gasteiger charge is -2.11. The first-order valence-corrected chi connectivity index (χ1v) is 6.67. The number of aryl methyl sites for hydroxylation is 1. The first-order chi connectivity index (χ1) is 7.63. The number of carbonyl (C=O) groups excluding carboxylic acids is 1. The van der Waals surface area contributed by atoms with E-state index in [4.69, 9.17) is 4.42 Å². The molecular weight excluding hydrogens is 270 g/mol. The van der Waals surface area contributed by atoms with Crippen molar-refractivity contribution < 1.29 is 9.21 Å². The van der Waals surface area contributed by atoms with Crippen LogP contribution in [0.3, 0.4) is 0 Å². The minimum atomic E-state index is -0.0508. The average molecular weight is 288 g/mol. The van der Waals surface area contributed by atoms with Crippen molar-refractivity contribution in [2.75, 3.05) is 5.33 Å². The fourth-order valence-electron chi connectivity index (χ4n) is 1.45. The summed E-state index contributed by atoms with van der Waals surface area (Å²) < 4.78 is 5.45. The Balaban J connectivity index is 2.33. The molecule has 0 bridgehead atoms. The first kappa shape index (κ1) is 13.3. The Bertz CT molecular complexity index is 336. The molecule has 0 aliphatic carbocycles. The Morgan fingerprint density at radius 3 is 2.81 bits per heavy atom. The Labute approximate surface area is 105 Å². The van der Waals surface area contributed by atoms with E-state index in [1.54, 1.807) is 0 Å². The van der Waals surface area contributed by atoms with Crippen molar-refractivity contribution in [3.05, 3.63) is 23.7 Å². The second-order valence-corrected chi connectivity index (χ2v) is 4.68. The van der Waals surface area contributed by atoms with Crippen LogP contribution in [-0.2, 0) is 4.79 Å². The van der Waals surface area contributed by atoms with Gasteiger partial charge in [0.1, 0.15) is 11.5 Å². The first-order valence-electron chi connectivity index (χ1n) is 5.55. The topological polar surface area (TPSA) is 42.2 Å². The van der Waals surface area contributed by atoms with Crippen molar-refractivity contribution in [2.24, 2.45) is 0 Å². The smallest absolute Gasteiger partial charge is 0.220 e. The Morgan fingerprint density at radius 1 is 1.50 bits per heavy atom. The van der Waals surface area contributed by atoms with Gasteiger partial charge in [0.2, 0.25) is 5.91 Å². The Morgan fingerprint density at radius 2 is 2.25 bits per heavy atom. The van der Waals surface area contributed by atoms with Crippen molar-refractivity contribution in [1.82, 2.24) is 5.32 Å². The summed E-state index contributed by atoms with van der Waals surface area (Å²) in [6.45, 7) is 3.83. The van der Waals surface area contributed by atoms with Gasteiger partial charge in [-0.3, -0.25) is 4.79 Å². The van der Waals surface area contributed by atoms with Gasteiger partial charge in [0, 0.05) is 11.8 Å². The van der Waals surface area contributed by atoms with E-state index in [2.05, 4.69) is 21.2 Å². The summed E-state index contributed by atoms with van der Waals surface area (Å²) in [5.41, 5.74) is 0. The third kappa shape index (κ3) is 4.39. The molecule has 1 aromatic rings. The van der Waals surface area contributed by atoms with E-state index in [-0.39, 0.29) is 11.9 Å². The maximum Gasteiger partial charge on any atom is 0.220 e. The Hall–Kier alpha value is -0.770. The van der Waals surface area contributed by atoms with E-state index in [9.17, 15) is 4.79 Å². The van der Waals surface area contributed by atoms with Crippen LogP contribution in [0.2, 0.25) is 0 Å². The van der Waals surface area contributed by atoms with Gasteiger partial charge in [-0.1, -0.05) is 15.9 Å². The molecule has 0 fully saturated rings. The SMILES string of the molecule is Cc1ccc(C(C)NC(=O)CCCCBr)o1. The number of carbonyl (C=O) groups is 1. The number of unbranched alkanes of at least 4 members (excludes halogenated alkanes) is 1. The van der Waals surface area contributed by atoms with Gasteiger partial charge < -0.3 is 9.73 Å². The highest BCUT2D eigenvalue weighted by molar-refractivity contribution is 9.09. The van der Waals surface area contributed by atoms with Crippen molar-refractivity contribution >= 4 is 21.8 Å². The molecule has 1 N–H and O–H groups in total. The zero-order valence-electron chi connectivity index (χ0n) is 9.75. The van der Waals surface area contributed by atoms with Crippen LogP contribution in [0.4, 0.5) is 0 Å². The molecule has 0 saturated carbocycles. The van der Waals surface area contributed by atoms with Crippen molar-refractivity contribution in [1.29, 1.82) is 0 Å². The zero-order chi connectivity index (χ0) is 12.0. The molecule has 0 aromatic carbocycles. The molecule has 0 aliphatic rings. The van der Waals surface area contributed by atoms with Crippen LogP contribution < -0.4 is 5.32 Å². The summed E-state index contributed by atoms with van der Waals surface area (Å²) in [7, 11) is 0. The van der Waals surface area contributed by atoms with E-state index in [1.165, 1.54) is 0 Å². The van der Waals surface area contributed by atoms with Gasteiger partial charge in [-0.15, -0.1) is 0 Å². The number of alkyl halides is 1. The molecule has 0 radical (unpaired) electrons. The minimum absolute atomic E-state index is 0.0508. The van der Waals surface area contributed by atoms with E-state index >= 15 is 0 Å². The van der Waals surface area contributed by atoms with Gasteiger partial charge in [-0.2, -0.15) is 0 Å². The molecule has 1 heterocycles. The average Bonchev–Trinajstić information content (AvgIpc) is 2.65. The van der Waals surface area contributed by atoms with Crippen LogP contribution >= 0.6 is 15.9 Å². The second kappa shape index (κ2) is 6.74. The molecular formula is C12H18BrNO2. The molecule has 3 nitrogen and oxygen atoms in total. The number of hydrogen-bond acceptors (Lipinski definition) is 2. The Kier molecular flexibility index (Phi) is 5.60. The van der Waals surface area contributed by atoms with Gasteiger partial charge in [-0.05, 0) is 38.8 Å². The molecule has 0 aliphatic heterocycles. The minimum Gasteiger partial charge on any atom is -0.464 e. The molecule has 1 aromatic heterocycles. The summed E-state index contributed by atoms with van der Waals surface area (Å²) in [6, 6.07) is 3.76. The van der Waals surface area contributed by atoms with Gasteiger partial charge >= 0.3 is 0 Å². The number of amides is 1. The molecule has 1 unspecified atom stereocenters. The molecule has 0 spiro atoms. The molecule has 1 amide bonds. The number of hydrogen-bond donors (Lipinski definition) is 1. The van der Waals surface area contributed by atoms with Crippen LogP contribution in [0.1, 0.15) is 43.7 Å². The largest absolute Gasteiger partial charge is 0.464 e. The van der Waals surface area contributed by atoms with Crippen LogP contribution in [0.5, 0.6) is 0 Å². The van der Waals surface area contributed by atoms with Crippen LogP contribution in [0.15, 0.2) is 16.5 Å². The predicted molar refractivity (Wildman–Crippen MR) is 67.6 cm³/mol. The third-order valence-corrected chi connectivity index (χ3v) is 2.91. The summed E-state index contributed by atoms with van der Waals surface area (Å²) in [6.07, 6.45) is 2.53. The second-order valence-electron chi connectivity index (χ2n) is 3.88. The van der Waals surface area contributed by atoms with Gasteiger partial charge in [-0.25, -0.2) is 0 Å². The summed E-state index contributed by atoms with van der Waals surface area (Å²) in [5.74, 6) is 1.77. The highest BCUT2D eigenvalue weighted by atomic mass is 79.9. The van der Waals surface area contributed by atoms with E-state index in [0.29, 0.717) is 6.42 Å². The number of furan rings is 1. The quantitative estimate of drug-likeness (QED) is 0.644. The van der Waals surface area contributed by atoms with Crippen molar-refractivity contribution in [3.8, 4) is 0 Å². The molecule has 4 heteroatoms. The van der Waals surface area contributed by atoms with E-state index in [1.807, 2.05) is 26.0 Å². The normalized spacial score (nSPS) is 12.4. The molecule has 1 rings (SSSR count). The lowest BCUT2D eigenvalue weighted by Crippen LogP contribution is -2.26. The van der Waals surface area contributed by atoms with Crippen LogP contribution in [0.25, 0.3) is 0 Å². The van der Waals surface area contributed by atoms with Crippen molar-refractivity contribution in [2.45, 2.75) is 39.2 Å². The fraction of sp³-hybridized carbons (Fsp3) is 0.583. The highest BCUT2D eigenvalue weighted by Gasteiger charge is 2.11. The maximum atomic E-state index is 11.5. The number of rotatable bonds is 6. The predicted octanol–water partition coefficient (Wildman–Crippen LogP) is 3.33. The highest BCUT2D eigenvalue weighted by Crippen LogP contribution is 2.15. The van der Waals surface area contributed by atoms with E-state index in [0.717, 1.165) is 29.7 Å². The molecule has 16 heavy (non-hydrogen) atoms. The molecule has 0 saturated heterocycles. The number of halogens is 1. The van der Waals surface area contributed by atoms with Crippen LogP contribution in [0, 0.1) is 6.92 Å². The third-order valence-electron chi connectivity index (χ3n) is 2.35. The lowest BCUT2D eigenvalue weighted by molar-refractivity contribution is -0.121. The standard InChI is InChI=1S/C12H18BrNO2/c1-9-6-7-11(16-9)10(2)14-12(15)5-3-4-8-13/h6-7,10H,3-5,8H2,1-2H3,(H,14,15). The summed E-state index contributed by atoms with van der Waals surface area (Å²) in [4.78, 5) is 11.5. The molecule has 1 atom stereocenters. The van der Waals surface area contributed by atoms with Gasteiger partial charge in [0.15, 0.2) is 0 Å². The van der Waals surface area contributed by atoms with Gasteiger partial charge in [0.05, 0.1) is 6.04 Å². The lowest BCUT2D eigenvalue weighted by atomic mass is 10.2. The maximum absolute atomic E-state index is 11.5. The van der Waals surface area contributed by atoms with Crippen LogP contribution in [-0.4, -0.2) is 11.2 Å². The monoisotopic (exact) mass is 287 g/mol. The molecule has 90 valence electrons. The summed E-state index contributed by atoms with van der Waals surface area (Å²) in [5, 5.41) is 3.87. The fourth-order valence-corrected chi connectivity index (χ4v) is 1.85. The van der Waals surface area contributed by atoms with E-state index < -0.39 is 0 Å². The zero-order valence-corrected chi connectivity index (χ0v) is 11.3. The van der Waals surface area contributed by atoms with Crippen molar-refractivity contribution in [3.63, 3.8) is 0 Å².